The number of hydrogen-bond acceptors (Lipinski definition) is 6. The van der Waals surface area contributed by atoms with Crippen LogP contribution in [0.1, 0.15) is 38.8 Å². The van der Waals surface area contributed by atoms with Gasteiger partial charge in [-0.2, -0.15) is 0 Å². The van der Waals surface area contributed by atoms with Gasteiger partial charge >= 0.3 is 0 Å². The predicted octanol–water partition coefficient (Wildman–Crippen LogP) is 3.08. The molecule has 1 fully saturated rings. The SMILES string of the molecule is CC(C)[C@@H]1NC(=O)C2=CN(Cc3ccccc3)C=C[C@H]2NC(=O)[C@@H](C(C)C)NC(=O)C2=CN(Cc3ccccc3)C=C[C@@H]2NC1=O. The van der Waals surface area contributed by atoms with Crippen molar-refractivity contribution in [1.82, 2.24) is 31.1 Å². The molecular weight excluding hydrogens is 580 g/mol. The number of hydrogen-bond donors (Lipinski definition) is 4. The van der Waals surface area contributed by atoms with Gasteiger partial charge in [0.25, 0.3) is 11.8 Å². The Kier molecular flexibility index (Phi) is 10.0. The maximum atomic E-state index is 13.9. The largest absolute Gasteiger partial charge is 0.350 e. The van der Waals surface area contributed by atoms with Gasteiger partial charge in [0.05, 0.1) is 23.2 Å². The van der Waals surface area contributed by atoms with Gasteiger partial charge in [0, 0.05) is 37.9 Å². The molecule has 3 aliphatic rings. The van der Waals surface area contributed by atoms with Crippen LogP contribution in [0.25, 0.3) is 0 Å². The zero-order chi connectivity index (χ0) is 32.8. The van der Waals surface area contributed by atoms with Crippen molar-refractivity contribution in [2.75, 3.05) is 0 Å². The highest BCUT2D eigenvalue weighted by atomic mass is 16.2. The topological polar surface area (TPSA) is 123 Å². The van der Waals surface area contributed by atoms with Gasteiger partial charge in [-0.15, -0.1) is 0 Å². The summed E-state index contributed by atoms with van der Waals surface area (Å²) in [7, 11) is 0. The van der Waals surface area contributed by atoms with Crippen molar-refractivity contribution in [3.63, 3.8) is 0 Å². The lowest BCUT2D eigenvalue weighted by Crippen LogP contribution is -2.58. The number of benzene rings is 2. The molecule has 2 aromatic rings. The average Bonchev–Trinajstić information content (AvgIpc) is 3.03. The molecule has 0 bridgehead atoms. The van der Waals surface area contributed by atoms with Gasteiger partial charge in [0.1, 0.15) is 12.1 Å². The van der Waals surface area contributed by atoms with E-state index < -0.39 is 47.8 Å². The van der Waals surface area contributed by atoms with Crippen molar-refractivity contribution >= 4 is 23.6 Å². The number of amides is 4. The first-order valence-electron chi connectivity index (χ1n) is 15.7. The fraction of sp³-hybridized carbons (Fsp3) is 0.333. The molecule has 1 saturated heterocycles. The Bertz CT molecular complexity index is 1450. The molecule has 5 rings (SSSR count). The normalized spacial score (nSPS) is 23.8. The van der Waals surface area contributed by atoms with Crippen molar-refractivity contribution in [2.45, 2.75) is 65.0 Å². The van der Waals surface area contributed by atoms with E-state index >= 15 is 0 Å². The van der Waals surface area contributed by atoms with E-state index in [1.165, 1.54) is 0 Å². The molecule has 10 heteroatoms. The molecule has 0 aromatic heterocycles. The van der Waals surface area contributed by atoms with Crippen LogP contribution < -0.4 is 21.3 Å². The summed E-state index contributed by atoms with van der Waals surface area (Å²) in [6.07, 6.45) is 10.5. The summed E-state index contributed by atoms with van der Waals surface area (Å²) in [4.78, 5) is 59.0. The fourth-order valence-electron chi connectivity index (χ4n) is 5.65. The standard InChI is InChI=1S/C36H42N6O4/c1-23(2)31-35(45)37-29-15-17-42(20-26-13-9-6-10-14-26)22-28(29)34(44)40-32(24(3)4)36(46)38-30-16-18-41(21-27(30)33(43)39-31)19-25-11-7-5-8-12-25/h5-18,21-24,29-32H,19-20H2,1-4H3,(H,37,45)(H,38,46)(H,39,43)(H,40,44)/t29-,30+,31-,32+. The zero-order valence-electron chi connectivity index (χ0n) is 26.6. The first-order chi connectivity index (χ1) is 22.1. The summed E-state index contributed by atoms with van der Waals surface area (Å²) >= 11 is 0. The van der Waals surface area contributed by atoms with E-state index in [0.29, 0.717) is 13.1 Å². The lowest BCUT2D eigenvalue weighted by atomic mass is 9.96. The highest BCUT2D eigenvalue weighted by Gasteiger charge is 2.36. The Labute approximate surface area is 270 Å². The Hall–Kier alpha value is -5.12. The number of nitrogens with one attached hydrogen (secondary N) is 4. The van der Waals surface area contributed by atoms with Crippen molar-refractivity contribution in [3.8, 4) is 0 Å². The molecular formula is C36H42N6O4. The third-order valence-corrected chi connectivity index (χ3v) is 8.23. The first kappa shape index (κ1) is 32.3. The van der Waals surface area contributed by atoms with Crippen molar-refractivity contribution in [3.05, 3.63) is 120 Å². The van der Waals surface area contributed by atoms with E-state index in [4.69, 9.17) is 0 Å². The van der Waals surface area contributed by atoms with E-state index in [0.717, 1.165) is 11.1 Å². The van der Waals surface area contributed by atoms with E-state index in [1.54, 1.807) is 24.6 Å². The van der Waals surface area contributed by atoms with Gasteiger partial charge in [0.2, 0.25) is 11.8 Å². The third kappa shape index (κ3) is 7.74. The lowest BCUT2D eigenvalue weighted by Gasteiger charge is -2.33. The predicted molar refractivity (Wildman–Crippen MR) is 176 cm³/mol. The van der Waals surface area contributed by atoms with E-state index in [2.05, 4.69) is 21.3 Å². The molecule has 4 amide bonds. The number of fused-ring (bicyclic) bond motifs is 2. The van der Waals surface area contributed by atoms with Gasteiger partial charge in [-0.25, -0.2) is 0 Å². The summed E-state index contributed by atoms with van der Waals surface area (Å²) in [5, 5.41) is 11.8. The Morgan fingerprint density at radius 1 is 0.565 bits per heavy atom. The molecule has 3 heterocycles. The van der Waals surface area contributed by atoms with Crippen LogP contribution in [-0.2, 0) is 32.3 Å². The van der Waals surface area contributed by atoms with Gasteiger partial charge < -0.3 is 31.1 Å². The monoisotopic (exact) mass is 622 g/mol. The summed E-state index contributed by atoms with van der Waals surface area (Å²) in [6.45, 7) is 8.41. The molecule has 0 saturated carbocycles. The van der Waals surface area contributed by atoms with Gasteiger partial charge in [-0.05, 0) is 35.1 Å². The Morgan fingerprint density at radius 2 is 0.935 bits per heavy atom. The summed E-state index contributed by atoms with van der Waals surface area (Å²) in [6, 6.07) is 16.3. The molecule has 3 aliphatic heterocycles. The van der Waals surface area contributed by atoms with Crippen LogP contribution in [-0.4, -0.2) is 57.6 Å². The quantitative estimate of drug-likeness (QED) is 0.393. The summed E-state index contributed by atoms with van der Waals surface area (Å²) in [5.41, 5.74) is 2.65. The summed E-state index contributed by atoms with van der Waals surface area (Å²) < 4.78 is 0. The number of carbonyl (C=O) groups is 4. The number of carbonyl (C=O) groups excluding carboxylic acids is 4. The van der Waals surface area contributed by atoms with Crippen LogP contribution in [0.15, 0.2) is 109 Å². The van der Waals surface area contributed by atoms with Crippen LogP contribution in [0.2, 0.25) is 0 Å². The zero-order valence-corrected chi connectivity index (χ0v) is 26.6. The van der Waals surface area contributed by atoms with Gasteiger partial charge in [-0.1, -0.05) is 88.4 Å². The molecule has 240 valence electrons. The van der Waals surface area contributed by atoms with Crippen LogP contribution in [0.4, 0.5) is 0 Å². The maximum absolute atomic E-state index is 13.9. The smallest absolute Gasteiger partial charge is 0.251 e. The van der Waals surface area contributed by atoms with Crippen LogP contribution in [0, 0.1) is 11.8 Å². The van der Waals surface area contributed by atoms with Crippen molar-refractivity contribution in [1.29, 1.82) is 0 Å². The Balaban J connectivity index is 1.47. The second-order valence-corrected chi connectivity index (χ2v) is 12.5. The maximum Gasteiger partial charge on any atom is 0.251 e. The van der Waals surface area contributed by atoms with E-state index in [1.807, 2.05) is 111 Å². The van der Waals surface area contributed by atoms with Crippen LogP contribution >= 0.6 is 0 Å². The molecule has 0 unspecified atom stereocenters. The molecule has 10 nitrogen and oxygen atoms in total. The molecule has 0 aliphatic carbocycles. The minimum absolute atomic E-state index is 0.265. The molecule has 4 N–H and O–H groups in total. The van der Waals surface area contributed by atoms with E-state index in [9.17, 15) is 19.2 Å². The van der Waals surface area contributed by atoms with Gasteiger partial charge in [-0.3, -0.25) is 19.2 Å². The van der Waals surface area contributed by atoms with Crippen LogP contribution in [0.3, 0.4) is 0 Å². The van der Waals surface area contributed by atoms with E-state index in [-0.39, 0.29) is 23.0 Å². The van der Waals surface area contributed by atoms with Crippen LogP contribution in [0.5, 0.6) is 0 Å². The second-order valence-electron chi connectivity index (χ2n) is 12.5. The lowest BCUT2D eigenvalue weighted by molar-refractivity contribution is -0.130. The molecule has 0 radical (unpaired) electrons. The fourth-order valence-corrected chi connectivity index (χ4v) is 5.65. The summed E-state index contributed by atoms with van der Waals surface area (Å²) in [5.74, 6) is -2.29. The Morgan fingerprint density at radius 3 is 1.28 bits per heavy atom. The molecule has 2 aromatic carbocycles. The highest BCUT2D eigenvalue weighted by molar-refractivity contribution is 6.02. The minimum Gasteiger partial charge on any atom is -0.350 e. The second kappa shape index (κ2) is 14.3. The highest BCUT2D eigenvalue weighted by Crippen LogP contribution is 2.21. The molecule has 0 spiro atoms. The third-order valence-electron chi connectivity index (χ3n) is 8.23. The molecule has 46 heavy (non-hydrogen) atoms. The number of nitrogens with zero attached hydrogens (tertiary/aromatic N) is 2. The average molecular weight is 623 g/mol. The van der Waals surface area contributed by atoms with Crippen molar-refractivity contribution < 1.29 is 19.2 Å². The first-order valence-corrected chi connectivity index (χ1v) is 15.7. The van der Waals surface area contributed by atoms with Crippen molar-refractivity contribution in [2.24, 2.45) is 11.8 Å². The molecule has 4 atom stereocenters. The number of rotatable bonds is 6. The minimum atomic E-state index is -0.898. The van der Waals surface area contributed by atoms with Gasteiger partial charge in [0.15, 0.2) is 0 Å².